The van der Waals surface area contributed by atoms with Crippen molar-refractivity contribution in [3.8, 4) is 0 Å². The fourth-order valence-electron chi connectivity index (χ4n) is 2.78. The number of nitrogens with one attached hydrogen (secondary N) is 1. The molecule has 22 heavy (non-hydrogen) atoms. The standard InChI is InChI=1S/C17H21N3OS/c18-10-9-15-19-14(11-22-15)17(21)20-16(13-7-4-8-13)12-5-2-1-3-6-12/h1-3,5-6,11,13,16H,4,7-10,18H2,(H,20,21). The van der Waals surface area contributed by atoms with E-state index in [-0.39, 0.29) is 11.9 Å². The van der Waals surface area contributed by atoms with E-state index in [9.17, 15) is 4.79 Å². The van der Waals surface area contributed by atoms with Crippen LogP contribution < -0.4 is 11.1 Å². The van der Waals surface area contributed by atoms with E-state index in [1.165, 1.54) is 36.2 Å². The fourth-order valence-corrected chi connectivity index (χ4v) is 3.57. The third-order valence-corrected chi connectivity index (χ3v) is 5.12. The summed E-state index contributed by atoms with van der Waals surface area (Å²) in [4.78, 5) is 16.9. The van der Waals surface area contributed by atoms with E-state index in [1.807, 2.05) is 23.6 Å². The highest BCUT2D eigenvalue weighted by atomic mass is 32.1. The van der Waals surface area contributed by atoms with Crippen LogP contribution in [0.3, 0.4) is 0 Å². The molecule has 0 saturated heterocycles. The summed E-state index contributed by atoms with van der Waals surface area (Å²) in [5.41, 5.74) is 7.22. The number of carbonyl (C=O) groups excluding carboxylic acids is 1. The number of rotatable bonds is 6. The maximum absolute atomic E-state index is 12.5. The number of carbonyl (C=O) groups is 1. The SMILES string of the molecule is NCCc1nc(C(=O)NC(c2ccccc2)C2CCC2)cs1. The molecule has 0 radical (unpaired) electrons. The van der Waals surface area contributed by atoms with Crippen LogP contribution in [0.4, 0.5) is 0 Å². The third-order valence-electron chi connectivity index (χ3n) is 4.21. The number of hydrogen-bond acceptors (Lipinski definition) is 4. The van der Waals surface area contributed by atoms with E-state index in [0.29, 0.717) is 18.2 Å². The Balaban J connectivity index is 1.73. The Labute approximate surface area is 134 Å². The molecule has 0 spiro atoms. The van der Waals surface area contributed by atoms with Crippen LogP contribution in [0.1, 0.15) is 46.4 Å². The van der Waals surface area contributed by atoms with E-state index in [2.05, 4.69) is 22.4 Å². The maximum Gasteiger partial charge on any atom is 0.271 e. The number of amides is 1. The Morgan fingerprint density at radius 2 is 2.14 bits per heavy atom. The average molecular weight is 315 g/mol. The molecule has 1 amide bonds. The van der Waals surface area contributed by atoms with E-state index in [1.54, 1.807) is 0 Å². The van der Waals surface area contributed by atoms with Gasteiger partial charge < -0.3 is 11.1 Å². The molecule has 1 aromatic heterocycles. The fraction of sp³-hybridized carbons (Fsp3) is 0.412. The Kier molecular flexibility index (Phi) is 4.85. The molecule has 1 heterocycles. The molecule has 1 aromatic carbocycles. The van der Waals surface area contributed by atoms with E-state index in [4.69, 9.17) is 5.73 Å². The summed E-state index contributed by atoms with van der Waals surface area (Å²) in [7, 11) is 0. The zero-order valence-corrected chi connectivity index (χ0v) is 13.3. The molecule has 2 aromatic rings. The van der Waals surface area contributed by atoms with Crippen molar-refractivity contribution in [1.29, 1.82) is 0 Å². The molecule has 116 valence electrons. The van der Waals surface area contributed by atoms with Gasteiger partial charge >= 0.3 is 0 Å². The van der Waals surface area contributed by atoms with Crippen molar-refractivity contribution in [2.24, 2.45) is 11.7 Å². The highest BCUT2D eigenvalue weighted by molar-refractivity contribution is 7.09. The van der Waals surface area contributed by atoms with Gasteiger partial charge in [0.1, 0.15) is 5.69 Å². The van der Waals surface area contributed by atoms with Gasteiger partial charge in [-0.25, -0.2) is 4.98 Å². The largest absolute Gasteiger partial charge is 0.344 e. The first kappa shape index (κ1) is 15.2. The molecule has 4 nitrogen and oxygen atoms in total. The van der Waals surface area contributed by atoms with Gasteiger partial charge in [0, 0.05) is 11.8 Å². The minimum Gasteiger partial charge on any atom is -0.344 e. The van der Waals surface area contributed by atoms with Crippen LogP contribution in [-0.2, 0) is 6.42 Å². The van der Waals surface area contributed by atoms with Crippen molar-refractivity contribution in [3.05, 3.63) is 52.0 Å². The Morgan fingerprint density at radius 3 is 2.77 bits per heavy atom. The quantitative estimate of drug-likeness (QED) is 0.861. The van der Waals surface area contributed by atoms with Gasteiger partial charge in [0.05, 0.1) is 11.0 Å². The highest BCUT2D eigenvalue weighted by Gasteiger charge is 2.30. The second-order valence-corrected chi connectivity index (χ2v) is 6.66. The molecule has 1 atom stereocenters. The zero-order valence-electron chi connectivity index (χ0n) is 12.5. The lowest BCUT2D eigenvalue weighted by molar-refractivity contribution is 0.0896. The molecule has 0 bridgehead atoms. The van der Waals surface area contributed by atoms with Crippen LogP contribution in [0.15, 0.2) is 35.7 Å². The van der Waals surface area contributed by atoms with Crippen LogP contribution >= 0.6 is 11.3 Å². The summed E-state index contributed by atoms with van der Waals surface area (Å²) in [6.45, 7) is 0.559. The summed E-state index contributed by atoms with van der Waals surface area (Å²) < 4.78 is 0. The molecule has 1 aliphatic carbocycles. The molecular formula is C17H21N3OS. The van der Waals surface area contributed by atoms with Crippen molar-refractivity contribution in [1.82, 2.24) is 10.3 Å². The van der Waals surface area contributed by atoms with Gasteiger partial charge in [-0.15, -0.1) is 11.3 Å². The minimum absolute atomic E-state index is 0.0831. The molecule has 1 aliphatic rings. The van der Waals surface area contributed by atoms with Crippen molar-refractivity contribution in [3.63, 3.8) is 0 Å². The van der Waals surface area contributed by atoms with Gasteiger partial charge in [-0.05, 0) is 30.9 Å². The predicted octanol–water partition coefficient (Wildman–Crippen LogP) is 2.92. The highest BCUT2D eigenvalue weighted by Crippen LogP contribution is 2.37. The van der Waals surface area contributed by atoms with Crippen LogP contribution in [0, 0.1) is 5.92 Å². The summed E-state index contributed by atoms with van der Waals surface area (Å²) in [5, 5.41) is 5.93. The summed E-state index contributed by atoms with van der Waals surface area (Å²) >= 11 is 1.50. The first-order valence-electron chi connectivity index (χ1n) is 7.78. The molecule has 1 saturated carbocycles. The normalized spacial score (nSPS) is 16.0. The zero-order chi connectivity index (χ0) is 15.4. The van der Waals surface area contributed by atoms with Gasteiger partial charge in [-0.3, -0.25) is 4.79 Å². The van der Waals surface area contributed by atoms with Gasteiger partial charge in [0.25, 0.3) is 5.91 Å². The van der Waals surface area contributed by atoms with E-state index < -0.39 is 0 Å². The van der Waals surface area contributed by atoms with Crippen LogP contribution in [0.5, 0.6) is 0 Å². The predicted molar refractivity (Wildman–Crippen MR) is 88.9 cm³/mol. The Bertz CT molecular complexity index is 622. The number of aromatic nitrogens is 1. The van der Waals surface area contributed by atoms with Crippen LogP contribution in [0.25, 0.3) is 0 Å². The van der Waals surface area contributed by atoms with E-state index >= 15 is 0 Å². The smallest absolute Gasteiger partial charge is 0.271 e. The Hall–Kier alpha value is -1.72. The third kappa shape index (κ3) is 3.36. The minimum atomic E-state index is -0.0831. The van der Waals surface area contributed by atoms with Crippen molar-refractivity contribution in [2.75, 3.05) is 6.54 Å². The van der Waals surface area contributed by atoms with Gasteiger partial charge in [0.15, 0.2) is 0 Å². The summed E-state index contributed by atoms with van der Waals surface area (Å²) in [6.07, 6.45) is 4.33. The molecule has 3 rings (SSSR count). The van der Waals surface area contributed by atoms with Gasteiger partial charge in [0.2, 0.25) is 0 Å². The van der Waals surface area contributed by atoms with Crippen LogP contribution in [0.2, 0.25) is 0 Å². The lowest BCUT2D eigenvalue weighted by Crippen LogP contribution is -2.36. The second-order valence-electron chi connectivity index (χ2n) is 5.72. The summed E-state index contributed by atoms with van der Waals surface area (Å²) in [6, 6.07) is 10.3. The molecule has 3 N–H and O–H groups in total. The van der Waals surface area contributed by atoms with Gasteiger partial charge in [-0.1, -0.05) is 36.8 Å². The number of benzene rings is 1. The van der Waals surface area contributed by atoms with Crippen LogP contribution in [-0.4, -0.2) is 17.4 Å². The monoisotopic (exact) mass is 315 g/mol. The van der Waals surface area contributed by atoms with Crippen molar-refractivity contribution in [2.45, 2.75) is 31.7 Å². The van der Waals surface area contributed by atoms with E-state index in [0.717, 1.165) is 11.4 Å². The first-order chi connectivity index (χ1) is 10.8. The summed E-state index contributed by atoms with van der Waals surface area (Å²) in [5.74, 6) is 0.453. The van der Waals surface area contributed by atoms with Crippen molar-refractivity contribution >= 4 is 17.2 Å². The molecule has 1 unspecified atom stereocenters. The lowest BCUT2D eigenvalue weighted by Gasteiger charge is -2.34. The molecular weight excluding hydrogens is 294 g/mol. The lowest BCUT2D eigenvalue weighted by atomic mass is 9.77. The molecule has 1 fully saturated rings. The average Bonchev–Trinajstić information content (AvgIpc) is 2.95. The maximum atomic E-state index is 12.5. The van der Waals surface area contributed by atoms with Gasteiger partial charge in [-0.2, -0.15) is 0 Å². The number of thiazole rings is 1. The number of nitrogens with zero attached hydrogens (tertiary/aromatic N) is 1. The molecule has 0 aliphatic heterocycles. The Morgan fingerprint density at radius 1 is 1.36 bits per heavy atom. The number of hydrogen-bond donors (Lipinski definition) is 2. The second kappa shape index (κ2) is 7.03. The van der Waals surface area contributed by atoms with Crippen molar-refractivity contribution < 1.29 is 4.79 Å². The first-order valence-corrected chi connectivity index (χ1v) is 8.66. The number of nitrogens with two attached hydrogens (primary N) is 1. The topological polar surface area (TPSA) is 68.0 Å². The molecule has 5 heteroatoms.